The van der Waals surface area contributed by atoms with Crippen molar-refractivity contribution in [3.63, 3.8) is 0 Å². The van der Waals surface area contributed by atoms with E-state index in [2.05, 4.69) is 5.32 Å². The Labute approximate surface area is 135 Å². The SMILES string of the molecule is CCCOC(=O)C1=C(C)NC(C)=C(C(=O)OC)C1c1ccco1. The summed E-state index contributed by atoms with van der Waals surface area (Å²) in [6.45, 7) is 5.77. The Kier molecular flexibility index (Phi) is 5.26. The van der Waals surface area contributed by atoms with Crippen LogP contribution in [0.3, 0.4) is 0 Å². The lowest BCUT2D eigenvalue weighted by molar-refractivity contribution is -0.139. The Morgan fingerprint density at radius 3 is 2.39 bits per heavy atom. The third kappa shape index (κ3) is 3.31. The predicted octanol–water partition coefficient (Wildman–Crippen LogP) is 2.64. The largest absolute Gasteiger partial charge is 0.468 e. The molecule has 1 aliphatic heterocycles. The molecule has 0 saturated heterocycles. The van der Waals surface area contributed by atoms with Crippen LogP contribution in [0.4, 0.5) is 0 Å². The van der Waals surface area contributed by atoms with Crippen molar-refractivity contribution in [2.45, 2.75) is 33.1 Å². The summed E-state index contributed by atoms with van der Waals surface area (Å²) in [7, 11) is 1.31. The number of furan rings is 1. The highest BCUT2D eigenvalue weighted by atomic mass is 16.5. The molecular weight excluding hydrogens is 298 g/mol. The highest BCUT2D eigenvalue weighted by molar-refractivity contribution is 5.99. The van der Waals surface area contributed by atoms with Crippen LogP contribution in [0.15, 0.2) is 45.4 Å². The molecule has 2 heterocycles. The van der Waals surface area contributed by atoms with E-state index in [-0.39, 0.29) is 0 Å². The van der Waals surface area contributed by atoms with Gasteiger partial charge < -0.3 is 19.2 Å². The normalized spacial score (nSPS) is 17.8. The minimum Gasteiger partial charge on any atom is -0.468 e. The van der Waals surface area contributed by atoms with Crippen LogP contribution in [0.25, 0.3) is 0 Å². The Morgan fingerprint density at radius 2 is 1.87 bits per heavy atom. The fraction of sp³-hybridized carbons (Fsp3) is 0.412. The van der Waals surface area contributed by atoms with Crippen molar-refractivity contribution in [2.75, 3.05) is 13.7 Å². The van der Waals surface area contributed by atoms with Gasteiger partial charge in [0.2, 0.25) is 0 Å². The molecule has 6 nitrogen and oxygen atoms in total. The van der Waals surface area contributed by atoms with Crippen LogP contribution in [0.1, 0.15) is 38.9 Å². The van der Waals surface area contributed by atoms with Crippen LogP contribution < -0.4 is 5.32 Å². The van der Waals surface area contributed by atoms with E-state index in [4.69, 9.17) is 13.9 Å². The number of dihydropyridines is 1. The molecule has 1 aromatic heterocycles. The molecule has 0 bridgehead atoms. The molecule has 23 heavy (non-hydrogen) atoms. The molecule has 0 aromatic carbocycles. The van der Waals surface area contributed by atoms with Crippen molar-refractivity contribution in [2.24, 2.45) is 0 Å². The summed E-state index contributed by atoms with van der Waals surface area (Å²) in [4.78, 5) is 24.7. The molecule has 1 atom stereocenters. The van der Waals surface area contributed by atoms with Gasteiger partial charge in [0.1, 0.15) is 5.76 Å². The minimum atomic E-state index is -0.650. The lowest BCUT2D eigenvalue weighted by atomic mass is 9.83. The second kappa shape index (κ2) is 7.17. The summed E-state index contributed by atoms with van der Waals surface area (Å²) < 4.78 is 15.6. The van der Waals surface area contributed by atoms with Gasteiger partial charge in [-0.25, -0.2) is 9.59 Å². The van der Waals surface area contributed by atoms with Crippen LogP contribution in [-0.2, 0) is 19.1 Å². The maximum absolute atomic E-state index is 12.5. The van der Waals surface area contributed by atoms with Gasteiger partial charge in [0.25, 0.3) is 0 Å². The van der Waals surface area contributed by atoms with E-state index in [9.17, 15) is 9.59 Å². The molecule has 0 radical (unpaired) electrons. The number of nitrogens with one attached hydrogen (secondary N) is 1. The van der Waals surface area contributed by atoms with E-state index in [0.29, 0.717) is 34.9 Å². The van der Waals surface area contributed by atoms with Gasteiger partial charge in [-0.1, -0.05) is 6.92 Å². The van der Waals surface area contributed by atoms with E-state index in [1.54, 1.807) is 26.0 Å². The van der Waals surface area contributed by atoms with E-state index in [0.717, 1.165) is 6.42 Å². The topological polar surface area (TPSA) is 77.8 Å². The molecule has 0 amide bonds. The van der Waals surface area contributed by atoms with E-state index in [1.807, 2.05) is 6.92 Å². The van der Waals surface area contributed by atoms with Crippen molar-refractivity contribution in [1.29, 1.82) is 0 Å². The van der Waals surface area contributed by atoms with Gasteiger partial charge in [-0.2, -0.15) is 0 Å². The molecule has 1 N–H and O–H groups in total. The number of hydrogen-bond acceptors (Lipinski definition) is 6. The van der Waals surface area contributed by atoms with E-state index < -0.39 is 17.9 Å². The molecule has 124 valence electrons. The Hall–Kier alpha value is -2.50. The Balaban J connectivity index is 2.52. The van der Waals surface area contributed by atoms with Crippen LogP contribution >= 0.6 is 0 Å². The summed E-state index contributed by atoms with van der Waals surface area (Å²) in [6.07, 6.45) is 2.22. The van der Waals surface area contributed by atoms with Crippen molar-refractivity contribution < 1.29 is 23.5 Å². The second-order valence-corrected chi connectivity index (χ2v) is 5.28. The van der Waals surface area contributed by atoms with Gasteiger partial charge >= 0.3 is 11.9 Å². The van der Waals surface area contributed by atoms with Crippen LogP contribution in [0.2, 0.25) is 0 Å². The van der Waals surface area contributed by atoms with Crippen molar-refractivity contribution in [3.8, 4) is 0 Å². The molecular formula is C17H21NO5. The monoisotopic (exact) mass is 319 g/mol. The van der Waals surface area contributed by atoms with Crippen LogP contribution in [0, 0.1) is 0 Å². The maximum Gasteiger partial charge on any atom is 0.336 e. The zero-order valence-corrected chi connectivity index (χ0v) is 13.8. The number of rotatable bonds is 5. The smallest absolute Gasteiger partial charge is 0.336 e. The molecule has 1 unspecified atom stereocenters. The molecule has 1 aliphatic rings. The van der Waals surface area contributed by atoms with Gasteiger partial charge in [0, 0.05) is 11.4 Å². The standard InChI is InChI=1S/C17H21NO5/c1-5-8-23-17(20)14-11(3)18-10(2)13(16(19)21-4)15(14)12-7-6-9-22-12/h6-7,9,15,18H,5,8H2,1-4H3. The van der Waals surface area contributed by atoms with Gasteiger partial charge in [0.15, 0.2) is 0 Å². The van der Waals surface area contributed by atoms with Gasteiger partial charge in [0.05, 0.1) is 37.0 Å². The Bertz CT molecular complexity index is 655. The first-order chi connectivity index (χ1) is 11.0. The number of methoxy groups -OCH3 is 1. The van der Waals surface area contributed by atoms with Gasteiger partial charge in [-0.3, -0.25) is 0 Å². The number of ether oxygens (including phenoxy) is 2. The summed E-state index contributed by atoms with van der Waals surface area (Å²) in [6, 6.07) is 3.44. The fourth-order valence-electron chi connectivity index (χ4n) is 2.66. The first-order valence-electron chi connectivity index (χ1n) is 7.48. The quantitative estimate of drug-likeness (QED) is 0.841. The zero-order chi connectivity index (χ0) is 17.0. The van der Waals surface area contributed by atoms with Crippen molar-refractivity contribution in [1.82, 2.24) is 5.32 Å². The fourth-order valence-corrected chi connectivity index (χ4v) is 2.66. The number of esters is 2. The van der Waals surface area contributed by atoms with E-state index in [1.165, 1.54) is 13.4 Å². The number of carbonyl (C=O) groups excluding carboxylic acids is 2. The summed E-state index contributed by atoms with van der Waals surface area (Å²) >= 11 is 0. The first kappa shape index (κ1) is 16.9. The summed E-state index contributed by atoms with van der Waals surface area (Å²) in [5.41, 5.74) is 1.97. The van der Waals surface area contributed by atoms with Gasteiger partial charge in [-0.15, -0.1) is 0 Å². The zero-order valence-electron chi connectivity index (χ0n) is 13.8. The van der Waals surface area contributed by atoms with Crippen molar-refractivity contribution >= 4 is 11.9 Å². The number of hydrogen-bond donors (Lipinski definition) is 1. The Morgan fingerprint density at radius 1 is 1.22 bits per heavy atom. The average molecular weight is 319 g/mol. The highest BCUT2D eigenvalue weighted by Crippen LogP contribution is 2.39. The maximum atomic E-state index is 12.5. The highest BCUT2D eigenvalue weighted by Gasteiger charge is 2.39. The summed E-state index contributed by atoms with van der Waals surface area (Å²) in [5.74, 6) is -1.13. The van der Waals surface area contributed by atoms with Crippen LogP contribution in [0.5, 0.6) is 0 Å². The molecule has 0 aliphatic carbocycles. The molecule has 6 heteroatoms. The number of allylic oxidation sites excluding steroid dienone is 2. The average Bonchev–Trinajstić information content (AvgIpc) is 3.05. The second-order valence-electron chi connectivity index (χ2n) is 5.28. The molecule has 2 rings (SSSR count). The lowest BCUT2D eigenvalue weighted by Gasteiger charge is -2.28. The van der Waals surface area contributed by atoms with Crippen LogP contribution in [-0.4, -0.2) is 25.7 Å². The van der Waals surface area contributed by atoms with Gasteiger partial charge in [-0.05, 0) is 32.4 Å². The minimum absolute atomic E-state index is 0.316. The first-order valence-corrected chi connectivity index (χ1v) is 7.48. The lowest BCUT2D eigenvalue weighted by Crippen LogP contribution is -2.32. The molecule has 0 spiro atoms. The predicted molar refractivity (Wildman–Crippen MR) is 83.3 cm³/mol. The third-order valence-electron chi connectivity index (χ3n) is 3.65. The number of carbonyl (C=O) groups is 2. The third-order valence-corrected chi connectivity index (χ3v) is 3.65. The molecule has 0 saturated carbocycles. The van der Waals surface area contributed by atoms with Crippen molar-refractivity contribution in [3.05, 3.63) is 46.7 Å². The van der Waals surface area contributed by atoms with E-state index >= 15 is 0 Å². The summed E-state index contributed by atoms with van der Waals surface area (Å²) in [5, 5.41) is 3.06. The molecule has 1 aromatic rings. The molecule has 0 fully saturated rings.